The van der Waals surface area contributed by atoms with Crippen LogP contribution in [0.2, 0.25) is 0 Å². The van der Waals surface area contributed by atoms with Crippen molar-refractivity contribution >= 4 is 22.5 Å². The Kier molecular flexibility index (Phi) is 1.67. The molecule has 1 amide bonds. The molecule has 3 aromatic rings. The first-order valence-corrected chi connectivity index (χ1v) is 4.78. The van der Waals surface area contributed by atoms with Crippen molar-refractivity contribution in [2.24, 2.45) is 5.73 Å². The molecule has 0 aliphatic carbocycles. The predicted molar refractivity (Wildman–Crippen MR) is 59.0 cm³/mol. The lowest BCUT2D eigenvalue weighted by Gasteiger charge is -2.04. The van der Waals surface area contributed by atoms with Crippen LogP contribution < -0.4 is 5.73 Å². The molecule has 3 rings (SSSR count). The predicted octanol–water partition coefficient (Wildman–Crippen LogP) is 0.981. The minimum atomic E-state index is -0.497. The highest BCUT2D eigenvalue weighted by molar-refractivity contribution is 6.02. The molecule has 2 aromatic heterocycles. The topological polar surface area (TPSA) is 73.3 Å². The van der Waals surface area contributed by atoms with Gasteiger partial charge in [0, 0.05) is 0 Å². The molecule has 0 bridgehead atoms. The average Bonchev–Trinajstić information content (AvgIpc) is 2.76. The van der Waals surface area contributed by atoms with Crippen LogP contribution in [0.3, 0.4) is 0 Å². The van der Waals surface area contributed by atoms with E-state index in [1.807, 2.05) is 24.3 Å². The summed E-state index contributed by atoms with van der Waals surface area (Å²) in [6, 6.07) is 9.42. The Hall–Kier alpha value is -2.43. The first kappa shape index (κ1) is 8.84. The van der Waals surface area contributed by atoms with Gasteiger partial charge in [-0.25, -0.2) is 0 Å². The maximum Gasteiger partial charge on any atom is 0.252 e. The van der Waals surface area contributed by atoms with Crippen molar-refractivity contribution in [3.05, 3.63) is 42.2 Å². The molecule has 0 spiro atoms. The highest BCUT2D eigenvalue weighted by Gasteiger charge is 2.11. The lowest BCUT2D eigenvalue weighted by molar-refractivity contribution is 0.100. The average molecular weight is 212 g/mol. The van der Waals surface area contributed by atoms with E-state index in [4.69, 9.17) is 5.73 Å². The Morgan fingerprint density at radius 2 is 2.12 bits per heavy atom. The van der Waals surface area contributed by atoms with E-state index in [1.165, 1.54) is 0 Å². The lowest BCUT2D eigenvalue weighted by Crippen LogP contribution is -2.12. The van der Waals surface area contributed by atoms with Crippen molar-refractivity contribution in [2.45, 2.75) is 0 Å². The fourth-order valence-corrected chi connectivity index (χ4v) is 1.83. The van der Waals surface area contributed by atoms with E-state index in [0.29, 0.717) is 11.2 Å². The number of amides is 1. The van der Waals surface area contributed by atoms with Gasteiger partial charge in [0.05, 0.1) is 11.1 Å². The van der Waals surface area contributed by atoms with Crippen LogP contribution in [0.1, 0.15) is 10.4 Å². The number of aromatic nitrogens is 3. The van der Waals surface area contributed by atoms with Gasteiger partial charge >= 0.3 is 0 Å². The van der Waals surface area contributed by atoms with Crippen LogP contribution in [0.4, 0.5) is 0 Å². The molecule has 0 radical (unpaired) electrons. The molecule has 16 heavy (non-hydrogen) atoms. The molecule has 5 nitrogen and oxygen atoms in total. The smallest absolute Gasteiger partial charge is 0.252 e. The first-order valence-electron chi connectivity index (χ1n) is 4.78. The van der Waals surface area contributed by atoms with Crippen molar-refractivity contribution in [3.63, 3.8) is 0 Å². The molecule has 2 heterocycles. The summed E-state index contributed by atoms with van der Waals surface area (Å²) in [4.78, 5) is 11.3. The maximum absolute atomic E-state index is 11.3. The van der Waals surface area contributed by atoms with E-state index in [1.54, 1.807) is 16.8 Å². The molecular formula is C11H8N4O. The van der Waals surface area contributed by atoms with Gasteiger partial charge in [0.15, 0.2) is 5.65 Å². The highest BCUT2D eigenvalue weighted by Crippen LogP contribution is 2.19. The van der Waals surface area contributed by atoms with E-state index < -0.39 is 5.91 Å². The number of fused-ring (bicyclic) bond motifs is 3. The number of carbonyl (C=O) groups is 1. The van der Waals surface area contributed by atoms with Gasteiger partial charge in [0.2, 0.25) is 0 Å². The second-order valence-electron chi connectivity index (χ2n) is 3.51. The summed E-state index contributed by atoms with van der Waals surface area (Å²) in [5, 5.41) is 8.64. The standard InChI is InChI=1S/C11H8N4O/c12-10(16)8-5-7-3-1-2-4-9(7)15-6-13-14-11(8)15/h1-6H,(H2,12,16). The van der Waals surface area contributed by atoms with Gasteiger partial charge in [-0.3, -0.25) is 9.20 Å². The Morgan fingerprint density at radius 3 is 2.94 bits per heavy atom. The van der Waals surface area contributed by atoms with Crippen molar-refractivity contribution < 1.29 is 4.79 Å². The number of hydrogen-bond acceptors (Lipinski definition) is 3. The number of para-hydroxylation sites is 1. The molecular weight excluding hydrogens is 204 g/mol. The van der Waals surface area contributed by atoms with Gasteiger partial charge in [-0.05, 0) is 17.5 Å². The van der Waals surface area contributed by atoms with E-state index in [-0.39, 0.29) is 0 Å². The monoisotopic (exact) mass is 212 g/mol. The SMILES string of the molecule is NC(=O)c1cc2ccccc2n2cnnc12. The Morgan fingerprint density at radius 1 is 1.31 bits per heavy atom. The molecule has 5 heteroatoms. The number of rotatable bonds is 1. The van der Waals surface area contributed by atoms with E-state index in [0.717, 1.165) is 10.9 Å². The third-order valence-electron chi connectivity index (χ3n) is 2.55. The molecule has 1 aromatic carbocycles. The summed E-state index contributed by atoms with van der Waals surface area (Å²) in [6.45, 7) is 0. The second-order valence-corrected chi connectivity index (χ2v) is 3.51. The summed E-state index contributed by atoms with van der Waals surface area (Å²) in [5.74, 6) is -0.497. The number of hydrogen-bond donors (Lipinski definition) is 1. The molecule has 0 fully saturated rings. The highest BCUT2D eigenvalue weighted by atomic mass is 16.1. The third-order valence-corrected chi connectivity index (χ3v) is 2.55. The lowest BCUT2D eigenvalue weighted by atomic mass is 10.1. The van der Waals surface area contributed by atoms with Gasteiger partial charge in [-0.15, -0.1) is 10.2 Å². The molecule has 0 unspecified atom stereocenters. The number of pyridine rings is 1. The van der Waals surface area contributed by atoms with Crippen molar-refractivity contribution in [3.8, 4) is 0 Å². The van der Waals surface area contributed by atoms with Crippen LogP contribution in [0, 0.1) is 0 Å². The van der Waals surface area contributed by atoms with Gasteiger partial charge in [0.1, 0.15) is 6.33 Å². The largest absolute Gasteiger partial charge is 0.365 e. The first-order chi connectivity index (χ1) is 7.77. The molecule has 2 N–H and O–H groups in total. The molecule has 0 saturated heterocycles. The van der Waals surface area contributed by atoms with Gasteiger partial charge < -0.3 is 5.73 Å². The zero-order valence-electron chi connectivity index (χ0n) is 8.29. The van der Waals surface area contributed by atoms with Crippen LogP contribution in [-0.4, -0.2) is 20.5 Å². The maximum atomic E-state index is 11.3. The quantitative estimate of drug-likeness (QED) is 0.653. The number of carbonyl (C=O) groups excluding carboxylic acids is 1. The fraction of sp³-hybridized carbons (Fsp3) is 0. The number of nitrogens with two attached hydrogens (primary N) is 1. The molecule has 0 aliphatic rings. The van der Waals surface area contributed by atoms with Crippen LogP contribution >= 0.6 is 0 Å². The number of benzene rings is 1. The van der Waals surface area contributed by atoms with Crippen LogP contribution in [0.25, 0.3) is 16.6 Å². The van der Waals surface area contributed by atoms with Gasteiger partial charge in [0.25, 0.3) is 5.91 Å². The zero-order valence-corrected chi connectivity index (χ0v) is 8.29. The molecule has 0 aliphatic heterocycles. The number of primary amides is 1. The molecule has 0 atom stereocenters. The van der Waals surface area contributed by atoms with Gasteiger partial charge in [-0.1, -0.05) is 18.2 Å². The minimum absolute atomic E-state index is 0.385. The third kappa shape index (κ3) is 1.08. The summed E-state index contributed by atoms with van der Waals surface area (Å²) >= 11 is 0. The Labute approximate surface area is 90.5 Å². The number of nitrogens with zero attached hydrogens (tertiary/aromatic N) is 3. The summed E-state index contributed by atoms with van der Waals surface area (Å²) in [6.07, 6.45) is 1.57. The second kappa shape index (κ2) is 3.03. The zero-order chi connectivity index (χ0) is 11.1. The van der Waals surface area contributed by atoms with E-state index in [9.17, 15) is 4.79 Å². The van der Waals surface area contributed by atoms with Crippen molar-refractivity contribution in [2.75, 3.05) is 0 Å². The summed E-state index contributed by atoms with van der Waals surface area (Å²) in [5.41, 5.74) is 7.14. The van der Waals surface area contributed by atoms with E-state index in [2.05, 4.69) is 10.2 Å². The van der Waals surface area contributed by atoms with Crippen molar-refractivity contribution in [1.29, 1.82) is 0 Å². The molecule has 78 valence electrons. The summed E-state index contributed by atoms with van der Waals surface area (Å²) < 4.78 is 1.76. The van der Waals surface area contributed by atoms with Crippen LogP contribution in [0.15, 0.2) is 36.7 Å². The van der Waals surface area contributed by atoms with Crippen molar-refractivity contribution in [1.82, 2.24) is 14.6 Å². The Bertz CT molecular complexity index is 701. The van der Waals surface area contributed by atoms with Gasteiger partial charge in [-0.2, -0.15) is 0 Å². The Balaban J connectivity index is 2.58. The fourth-order valence-electron chi connectivity index (χ4n) is 1.83. The molecule has 0 saturated carbocycles. The van der Waals surface area contributed by atoms with Crippen LogP contribution in [0.5, 0.6) is 0 Å². The van der Waals surface area contributed by atoms with E-state index >= 15 is 0 Å². The van der Waals surface area contributed by atoms with Crippen LogP contribution in [-0.2, 0) is 0 Å². The minimum Gasteiger partial charge on any atom is -0.365 e. The summed E-state index contributed by atoms with van der Waals surface area (Å²) in [7, 11) is 0. The normalized spacial score (nSPS) is 11.0.